The number of ether oxygens (including phenoxy) is 1. The van der Waals surface area contributed by atoms with Gasteiger partial charge in [0.05, 0.1) is 22.0 Å². The van der Waals surface area contributed by atoms with Crippen molar-refractivity contribution in [1.82, 2.24) is 4.90 Å². The summed E-state index contributed by atoms with van der Waals surface area (Å²) < 4.78 is 56.2. The third-order valence-electron chi connectivity index (χ3n) is 5.33. The Morgan fingerprint density at radius 1 is 1.12 bits per heavy atom. The summed E-state index contributed by atoms with van der Waals surface area (Å²) in [6.45, 7) is 3.46. The van der Waals surface area contributed by atoms with Gasteiger partial charge >= 0.3 is 5.97 Å². The van der Waals surface area contributed by atoms with Gasteiger partial charge in [-0.25, -0.2) is 21.6 Å². The lowest BCUT2D eigenvalue weighted by molar-refractivity contribution is -0.141. The van der Waals surface area contributed by atoms with Gasteiger partial charge in [-0.1, -0.05) is 18.2 Å². The summed E-state index contributed by atoms with van der Waals surface area (Å²) in [7, 11) is -7.01. The number of benzene rings is 2. The molecule has 1 aliphatic heterocycles. The van der Waals surface area contributed by atoms with Gasteiger partial charge in [-0.3, -0.25) is 9.52 Å². The molecule has 2 aromatic rings. The molecule has 1 saturated heterocycles. The first kappa shape index (κ1) is 24.7. The van der Waals surface area contributed by atoms with Crippen molar-refractivity contribution < 1.29 is 31.2 Å². The number of nitrogens with zero attached hydrogens (tertiary/aromatic N) is 1. The van der Waals surface area contributed by atoms with Crippen LogP contribution < -0.4 is 4.72 Å². The molecule has 0 bridgehead atoms. The minimum atomic E-state index is -3.84. The average Bonchev–Trinajstić information content (AvgIpc) is 3.13. The molecule has 1 N–H and O–H groups in total. The van der Waals surface area contributed by atoms with Gasteiger partial charge in [-0.05, 0) is 56.7 Å². The minimum absolute atomic E-state index is 0.0317. The van der Waals surface area contributed by atoms with Crippen LogP contribution in [-0.4, -0.2) is 63.8 Å². The predicted molar refractivity (Wildman–Crippen MR) is 123 cm³/mol. The third-order valence-corrected chi connectivity index (χ3v) is 8.48. The molecule has 0 aromatic heterocycles. The molecule has 0 unspecified atom stereocenters. The van der Waals surface area contributed by atoms with Crippen LogP contribution in [0.3, 0.4) is 0 Å². The monoisotopic (exact) mass is 494 g/mol. The summed E-state index contributed by atoms with van der Waals surface area (Å²) >= 11 is 0. The Labute approximate surface area is 193 Å². The van der Waals surface area contributed by atoms with Crippen molar-refractivity contribution in [3.63, 3.8) is 0 Å². The first-order chi connectivity index (χ1) is 15.5. The van der Waals surface area contributed by atoms with Crippen LogP contribution in [0.15, 0.2) is 59.5 Å². The maximum absolute atomic E-state index is 12.8. The number of esters is 1. The molecular weight excluding hydrogens is 468 g/mol. The molecule has 2 aromatic carbocycles. The predicted octanol–water partition coefficient (Wildman–Crippen LogP) is 2.07. The van der Waals surface area contributed by atoms with Gasteiger partial charge in [-0.2, -0.15) is 0 Å². The van der Waals surface area contributed by atoms with Crippen molar-refractivity contribution in [3.8, 4) is 0 Å². The summed E-state index contributed by atoms with van der Waals surface area (Å²) in [5.74, 6) is -1.32. The molecule has 1 fully saturated rings. The van der Waals surface area contributed by atoms with Crippen LogP contribution in [0.4, 0.5) is 5.69 Å². The van der Waals surface area contributed by atoms with E-state index in [0.717, 1.165) is 0 Å². The van der Waals surface area contributed by atoms with Crippen molar-refractivity contribution in [1.29, 1.82) is 0 Å². The Morgan fingerprint density at radius 2 is 1.76 bits per heavy atom. The van der Waals surface area contributed by atoms with E-state index in [1.54, 1.807) is 37.3 Å². The molecule has 3 rings (SSSR count). The van der Waals surface area contributed by atoms with Crippen LogP contribution in [0.5, 0.6) is 0 Å². The number of sulfonamides is 1. The van der Waals surface area contributed by atoms with E-state index < -0.39 is 43.9 Å². The number of sulfone groups is 1. The quantitative estimate of drug-likeness (QED) is 0.557. The van der Waals surface area contributed by atoms with E-state index in [1.165, 1.54) is 36.1 Å². The number of hydrogen-bond acceptors (Lipinski definition) is 7. The van der Waals surface area contributed by atoms with Gasteiger partial charge in [-0.15, -0.1) is 0 Å². The Morgan fingerprint density at radius 3 is 2.30 bits per heavy atom. The summed E-state index contributed by atoms with van der Waals surface area (Å²) in [6.07, 6.45) is -0.765. The highest BCUT2D eigenvalue weighted by Crippen LogP contribution is 2.20. The Hall–Kier alpha value is -2.92. The van der Waals surface area contributed by atoms with Gasteiger partial charge in [0.2, 0.25) is 0 Å². The van der Waals surface area contributed by atoms with E-state index in [0.29, 0.717) is 18.7 Å². The SMILES string of the molecule is CCN(C(=O)[C@@H](C)OC(=O)c1ccc(S(=O)(=O)Nc2ccccc2)cc1)[C@@H]1CCS(=O)(=O)C1. The third kappa shape index (κ3) is 6.11. The highest BCUT2D eigenvalue weighted by atomic mass is 32.2. The first-order valence-corrected chi connectivity index (χ1v) is 13.7. The van der Waals surface area contributed by atoms with E-state index in [9.17, 15) is 26.4 Å². The summed E-state index contributed by atoms with van der Waals surface area (Å²) in [5.41, 5.74) is 0.490. The molecule has 2 atom stereocenters. The van der Waals surface area contributed by atoms with Crippen molar-refractivity contribution in [2.24, 2.45) is 0 Å². The number of anilines is 1. The molecule has 0 saturated carbocycles. The summed E-state index contributed by atoms with van der Waals surface area (Å²) in [6, 6.07) is 13.1. The highest BCUT2D eigenvalue weighted by molar-refractivity contribution is 7.92. The van der Waals surface area contributed by atoms with Gasteiger partial charge in [0.25, 0.3) is 15.9 Å². The van der Waals surface area contributed by atoms with Crippen molar-refractivity contribution in [2.75, 3.05) is 22.8 Å². The lowest BCUT2D eigenvalue weighted by Crippen LogP contribution is -2.46. The number of carbonyl (C=O) groups excluding carboxylic acids is 2. The lowest BCUT2D eigenvalue weighted by Gasteiger charge is -2.29. The van der Waals surface area contributed by atoms with Crippen LogP contribution in [0.25, 0.3) is 0 Å². The molecule has 1 amide bonds. The molecule has 0 radical (unpaired) electrons. The first-order valence-electron chi connectivity index (χ1n) is 10.4. The average molecular weight is 495 g/mol. The number of rotatable bonds is 8. The Bertz CT molecular complexity index is 1210. The lowest BCUT2D eigenvalue weighted by atomic mass is 10.2. The van der Waals surface area contributed by atoms with Crippen LogP contribution in [0.2, 0.25) is 0 Å². The fraction of sp³-hybridized carbons (Fsp3) is 0.364. The smallest absolute Gasteiger partial charge is 0.338 e. The molecule has 33 heavy (non-hydrogen) atoms. The van der Waals surface area contributed by atoms with Crippen molar-refractivity contribution in [2.45, 2.75) is 37.3 Å². The number of carbonyl (C=O) groups is 2. The highest BCUT2D eigenvalue weighted by Gasteiger charge is 2.36. The molecule has 178 valence electrons. The molecule has 1 aliphatic rings. The van der Waals surface area contributed by atoms with Gasteiger partial charge in [0.1, 0.15) is 0 Å². The van der Waals surface area contributed by atoms with Crippen molar-refractivity contribution >= 4 is 37.4 Å². The summed E-state index contributed by atoms with van der Waals surface area (Å²) in [4.78, 5) is 26.6. The zero-order chi connectivity index (χ0) is 24.2. The van der Waals surface area contributed by atoms with Crippen LogP contribution >= 0.6 is 0 Å². The van der Waals surface area contributed by atoms with E-state index in [1.807, 2.05) is 0 Å². The topological polar surface area (TPSA) is 127 Å². The number of likely N-dealkylation sites (N-methyl/N-ethyl adjacent to an activating group) is 1. The van der Waals surface area contributed by atoms with E-state index in [-0.39, 0.29) is 22.0 Å². The van der Waals surface area contributed by atoms with Crippen molar-refractivity contribution in [3.05, 3.63) is 60.2 Å². The number of hydrogen-bond donors (Lipinski definition) is 1. The maximum Gasteiger partial charge on any atom is 0.338 e. The number of nitrogens with one attached hydrogen (secondary N) is 1. The maximum atomic E-state index is 12.8. The second-order valence-corrected chi connectivity index (χ2v) is 11.6. The molecule has 11 heteroatoms. The molecule has 9 nitrogen and oxygen atoms in total. The second kappa shape index (κ2) is 9.92. The van der Waals surface area contributed by atoms with Gasteiger partial charge < -0.3 is 9.64 Å². The summed E-state index contributed by atoms with van der Waals surface area (Å²) in [5, 5.41) is 0. The standard InChI is InChI=1S/C22H26N2O7S2/c1-3-24(19-13-14-32(27,28)15-19)21(25)16(2)31-22(26)17-9-11-20(12-10-17)33(29,30)23-18-7-5-4-6-8-18/h4-12,16,19,23H,3,13-15H2,1-2H3/t16-,19-/m1/s1. The largest absolute Gasteiger partial charge is 0.449 e. The normalized spacial score (nSPS) is 18.3. The van der Waals surface area contributed by atoms with Gasteiger partial charge in [0, 0.05) is 18.3 Å². The Kier molecular flexibility index (Phi) is 7.43. The van der Waals surface area contributed by atoms with Crippen LogP contribution in [0.1, 0.15) is 30.6 Å². The number of amides is 1. The van der Waals surface area contributed by atoms with E-state index in [2.05, 4.69) is 4.72 Å². The molecular formula is C22H26N2O7S2. The van der Waals surface area contributed by atoms with E-state index in [4.69, 9.17) is 4.74 Å². The fourth-order valence-electron chi connectivity index (χ4n) is 3.62. The van der Waals surface area contributed by atoms with Crippen LogP contribution in [-0.2, 0) is 29.4 Å². The fourth-order valence-corrected chi connectivity index (χ4v) is 6.41. The zero-order valence-corrected chi connectivity index (χ0v) is 19.9. The molecule has 1 heterocycles. The number of para-hydroxylation sites is 1. The second-order valence-electron chi connectivity index (χ2n) is 7.72. The minimum Gasteiger partial charge on any atom is -0.449 e. The van der Waals surface area contributed by atoms with E-state index >= 15 is 0 Å². The molecule has 0 spiro atoms. The van der Waals surface area contributed by atoms with Crippen LogP contribution in [0, 0.1) is 0 Å². The van der Waals surface area contributed by atoms with Gasteiger partial charge in [0.15, 0.2) is 15.9 Å². The Balaban J connectivity index is 1.64. The zero-order valence-electron chi connectivity index (χ0n) is 18.3. The molecule has 0 aliphatic carbocycles.